The lowest BCUT2D eigenvalue weighted by atomic mass is 9.91. The van der Waals surface area contributed by atoms with Gasteiger partial charge in [0, 0.05) is 12.1 Å². The number of para-hydroxylation sites is 1. The molecular weight excluding hydrogens is 290 g/mol. The Kier molecular flexibility index (Phi) is 4.32. The Morgan fingerprint density at radius 1 is 1.23 bits per heavy atom. The topological polar surface area (TPSA) is 93.9 Å². The fraction of sp³-hybridized carbons (Fsp3) is 0.500. The van der Waals surface area contributed by atoms with E-state index in [4.69, 9.17) is 9.68 Å². The molecule has 1 aromatic rings. The largest absolute Gasteiger partial charge is 0.349 e. The molecule has 0 radical (unpaired) electrons. The van der Waals surface area contributed by atoms with Crippen molar-refractivity contribution >= 4 is 11.6 Å². The fourth-order valence-corrected chi connectivity index (χ4v) is 2.84. The van der Waals surface area contributed by atoms with Crippen molar-refractivity contribution < 1.29 is 19.4 Å². The van der Waals surface area contributed by atoms with Crippen LogP contribution in [-0.4, -0.2) is 34.9 Å². The average molecular weight is 307 g/mol. The van der Waals surface area contributed by atoms with Gasteiger partial charge in [-0.1, -0.05) is 17.4 Å². The Balaban J connectivity index is 1.57. The van der Waals surface area contributed by atoms with Crippen molar-refractivity contribution in [2.24, 2.45) is 0 Å². The molecule has 1 heterocycles. The van der Waals surface area contributed by atoms with Crippen LogP contribution in [0.15, 0.2) is 24.3 Å². The van der Waals surface area contributed by atoms with Crippen molar-refractivity contribution in [3.8, 4) is 0 Å². The van der Waals surface area contributed by atoms with Crippen LogP contribution >= 0.6 is 0 Å². The highest BCUT2D eigenvalue weighted by Crippen LogP contribution is 2.27. The Morgan fingerprint density at radius 3 is 2.50 bits per heavy atom. The minimum atomic E-state index is -0.537. The fourth-order valence-electron chi connectivity index (χ4n) is 2.84. The standard InChI is InChI=1S/C14H17N3O5/c18-14(12-3-1-2-4-13(12)16(19)20)15-10-5-7-11(8-6-10)17-21-9-22-17/h1-4,10-11H,5-9H2,(H,15,18)/t10-,11+. The van der Waals surface area contributed by atoms with E-state index in [1.165, 1.54) is 17.4 Å². The van der Waals surface area contributed by atoms with Crippen LogP contribution in [0.25, 0.3) is 0 Å². The minimum Gasteiger partial charge on any atom is -0.349 e. The number of hydroxylamine groups is 2. The van der Waals surface area contributed by atoms with E-state index in [1.807, 2.05) is 0 Å². The number of carbonyl (C=O) groups is 1. The quantitative estimate of drug-likeness (QED) is 0.673. The Morgan fingerprint density at radius 2 is 1.91 bits per heavy atom. The summed E-state index contributed by atoms with van der Waals surface area (Å²) in [6.45, 7) is 0.300. The van der Waals surface area contributed by atoms with Gasteiger partial charge in [-0.05, 0) is 31.7 Å². The molecule has 22 heavy (non-hydrogen) atoms. The van der Waals surface area contributed by atoms with Crippen molar-refractivity contribution in [3.05, 3.63) is 39.9 Å². The molecule has 1 aliphatic heterocycles. The number of carbonyl (C=O) groups excluding carboxylic acids is 1. The summed E-state index contributed by atoms with van der Waals surface area (Å²) in [6, 6.07) is 6.22. The van der Waals surface area contributed by atoms with Gasteiger partial charge in [-0.25, -0.2) is 9.68 Å². The molecule has 0 bridgehead atoms. The maximum Gasteiger partial charge on any atom is 0.282 e. The third-order valence-corrected chi connectivity index (χ3v) is 4.04. The van der Waals surface area contributed by atoms with Gasteiger partial charge in [0.1, 0.15) is 5.56 Å². The Labute approximate surface area is 127 Å². The first-order chi connectivity index (χ1) is 10.6. The molecule has 118 valence electrons. The highest BCUT2D eigenvalue weighted by Gasteiger charge is 2.32. The van der Waals surface area contributed by atoms with Gasteiger partial charge >= 0.3 is 0 Å². The molecule has 8 nitrogen and oxygen atoms in total. The number of amides is 1. The molecule has 1 saturated carbocycles. The van der Waals surface area contributed by atoms with E-state index >= 15 is 0 Å². The summed E-state index contributed by atoms with van der Waals surface area (Å²) < 4.78 is 0. The van der Waals surface area contributed by atoms with Gasteiger partial charge in [-0.3, -0.25) is 14.9 Å². The van der Waals surface area contributed by atoms with E-state index in [2.05, 4.69) is 5.32 Å². The summed E-state index contributed by atoms with van der Waals surface area (Å²) in [5, 5.41) is 15.4. The second kappa shape index (κ2) is 6.39. The van der Waals surface area contributed by atoms with Crippen LogP contribution in [0.1, 0.15) is 36.0 Å². The highest BCUT2D eigenvalue weighted by molar-refractivity contribution is 5.98. The monoisotopic (exact) mass is 307 g/mol. The van der Waals surface area contributed by atoms with E-state index in [9.17, 15) is 14.9 Å². The normalized spacial score (nSPS) is 25.3. The van der Waals surface area contributed by atoms with Gasteiger partial charge in [-0.15, -0.1) is 0 Å². The lowest BCUT2D eigenvalue weighted by Crippen LogP contribution is -2.48. The predicted molar refractivity (Wildman–Crippen MR) is 75.5 cm³/mol. The smallest absolute Gasteiger partial charge is 0.282 e. The van der Waals surface area contributed by atoms with Crippen LogP contribution in [0, 0.1) is 10.1 Å². The zero-order chi connectivity index (χ0) is 15.5. The summed E-state index contributed by atoms with van der Waals surface area (Å²) in [7, 11) is 0. The first-order valence-electron chi connectivity index (χ1n) is 7.24. The molecule has 1 aliphatic carbocycles. The van der Waals surface area contributed by atoms with Gasteiger partial charge in [0.2, 0.25) is 0 Å². The van der Waals surface area contributed by atoms with E-state index in [-0.39, 0.29) is 23.3 Å². The van der Waals surface area contributed by atoms with Crippen molar-refractivity contribution in [3.63, 3.8) is 0 Å². The molecule has 0 unspecified atom stereocenters. The van der Waals surface area contributed by atoms with Crippen LogP contribution in [0.3, 0.4) is 0 Å². The van der Waals surface area contributed by atoms with Gasteiger partial charge in [0.15, 0.2) is 6.79 Å². The van der Waals surface area contributed by atoms with Gasteiger partial charge < -0.3 is 5.32 Å². The predicted octanol–water partition coefficient (Wildman–Crippen LogP) is 1.77. The number of hydrogen-bond donors (Lipinski definition) is 1. The first-order valence-corrected chi connectivity index (χ1v) is 7.24. The van der Waals surface area contributed by atoms with Crippen LogP contribution in [0.5, 0.6) is 0 Å². The molecule has 1 saturated heterocycles. The maximum absolute atomic E-state index is 12.2. The molecular formula is C14H17N3O5. The van der Waals surface area contributed by atoms with Crippen LogP contribution in [-0.2, 0) is 9.68 Å². The molecule has 8 heteroatoms. The van der Waals surface area contributed by atoms with E-state index in [0.717, 1.165) is 25.7 Å². The van der Waals surface area contributed by atoms with Crippen LogP contribution < -0.4 is 5.32 Å². The van der Waals surface area contributed by atoms with Crippen molar-refractivity contribution in [1.29, 1.82) is 0 Å². The third-order valence-electron chi connectivity index (χ3n) is 4.04. The molecule has 0 spiro atoms. The molecule has 0 atom stereocenters. The SMILES string of the molecule is O=C(N[C@H]1CC[C@@H](N2OCO2)CC1)c1ccccc1[N+](=O)[O-]. The Hall–Kier alpha value is -2.03. The van der Waals surface area contributed by atoms with Crippen molar-refractivity contribution in [1.82, 2.24) is 10.5 Å². The van der Waals surface area contributed by atoms with E-state index < -0.39 is 10.8 Å². The van der Waals surface area contributed by atoms with E-state index in [1.54, 1.807) is 12.1 Å². The summed E-state index contributed by atoms with van der Waals surface area (Å²) >= 11 is 0. The van der Waals surface area contributed by atoms with Gasteiger partial charge in [-0.2, -0.15) is 0 Å². The number of nitro benzene ring substituents is 1. The highest BCUT2D eigenvalue weighted by atomic mass is 17.1. The summed E-state index contributed by atoms with van der Waals surface area (Å²) in [6.07, 6.45) is 3.28. The minimum absolute atomic E-state index is 0.0184. The van der Waals surface area contributed by atoms with E-state index in [0.29, 0.717) is 6.79 Å². The molecule has 1 aromatic carbocycles. The molecule has 1 N–H and O–H groups in total. The molecule has 1 amide bonds. The average Bonchev–Trinajstić information content (AvgIpc) is 2.47. The first kappa shape index (κ1) is 14.9. The number of rotatable bonds is 4. The second-order valence-corrected chi connectivity index (χ2v) is 5.41. The molecule has 2 aliphatic rings. The number of nitrogens with zero attached hydrogens (tertiary/aromatic N) is 2. The maximum atomic E-state index is 12.2. The number of hydrogen-bond acceptors (Lipinski definition) is 6. The molecule has 2 fully saturated rings. The second-order valence-electron chi connectivity index (χ2n) is 5.41. The van der Waals surface area contributed by atoms with Crippen LogP contribution in [0.4, 0.5) is 5.69 Å². The van der Waals surface area contributed by atoms with Gasteiger partial charge in [0.05, 0.1) is 11.0 Å². The number of nitro groups is 1. The lowest BCUT2D eigenvalue weighted by molar-refractivity contribution is -0.535. The molecule has 0 aromatic heterocycles. The van der Waals surface area contributed by atoms with Crippen molar-refractivity contribution in [2.45, 2.75) is 37.8 Å². The van der Waals surface area contributed by atoms with Crippen molar-refractivity contribution in [2.75, 3.05) is 6.79 Å². The lowest BCUT2D eigenvalue weighted by Gasteiger charge is -2.39. The summed E-state index contributed by atoms with van der Waals surface area (Å²) in [5.41, 5.74) is -0.0694. The zero-order valence-corrected chi connectivity index (χ0v) is 11.9. The van der Waals surface area contributed by atoms with Crippen LogP contribution in [0.2, 0.25) is 0 Å². The molecule has 3 rings (SSSR count). The number of nitrogens with one attached hydrogen (secondary N) is 1. The zero-order valence-electron chi connectivity index (χ0n) is 11.9. The summed E-state index contributed by atoms with van der Waals surface area (Å²) in [4.78, 5) is 33.0. The van der Waals surface area contributed by atoms with Gasteiger partial charge in [0.25, 0.3) is 11.6 Å². The summed E-state index contributed by atoms with van der Waals surface area (Å²) in [5.74, 6) is -0.396. The third kappa shape index (κ3) is 3.08. The Bertz CT molecular complexity index is 567. The number of benzene rings is 1.